The number of hydrogen-bond acceptors (Lipinski definition) is 6. The topological polar surface area (TPSA) is 108 Å². The number of carbonyl (C=O) groups is 1. The molecule has 8 nitrogen and oxygen atoms in total. The van der Waals surface area contributed by atoms with E-state index in [9.17, 15) is 19.4 Å². The highest BCUT2D eigenvalue weighted by molar-refractivity contribution is 7.45. The molecule has 0 aliphatic carbocycles. The normalized spacial score (nSPS) is 14.6. The van der Waals surface area contributed by atoms with Crippen molar-refractivity contribution in [1.29, 1.82) is 0 Å². The van der Waals surface area contributed by atoms with E-state index in [0.29, 0.717) is 17.4 Å². The molecule has 9 heteroatoms. The minimum Gasteiger partial charge on any atom is -0.756 e. The van der Waals surface area contributed by atoms with Crippen molar-refractivity contribution in [3.63, 3.8) is 0 Å². The molecule has 0 saturated heterocycles. The number of nitrogens with zero attached hydrogens (tertiary/aromatic N) is 1. The summed E-state index contributed by atoms with van der Waals surface area (Å²) in [5.74, 6) is -0.205. The van der Waals surface area contributed by atoms with Gasteiger partial charge in [0.15, 0.2) is 0 Å². The number of unbranched alkanes of at least 4 members (excludes halogenated alkanes) is 26. The first kappa shape index (κ1) is 63.9. The Morgan fingerprint density at radius 1 is 0.545 bits per heavy atom. The fourth-order valence-electron chi connectivity index (χ4n) is 7.65. The van der Waals surface area contributed by atoms with Gasteiger partial charge in [0, 0.05) is 6.42 Å². The largest absolute Gasteiger partial charge is 0.756 e. The Labute approximate surface area is 408 Å². The van der Waals surface area contributed by atoms with Crippen molar-refractivity contribution in [2.75, 3.05) is 40.9 Å². The van der Waals surface area contributed by atoms with Crippen LogP contribution in [0.25, 0.3) is 0 Å². The van der Waals surface area contributed by atoms with Crippen LogP contribution < -0.4 is 10.2 Å². The van der Waals surface area contributed by atoms with E-state index >= 15 is 0 Å². The van der Waals surface area contributed by atoms with E-state index in [1.807, 2.05) is 27.2 Å². The van der Waals surface area contributed by atoms with Crippen molar-refractivity contribution >= 4 is 13.7 Å². The van der Waals surface area contributed by atoms with E-state index in [4.69, 9.17) is 9.05 Å². The van der Waals surface area contributed by atoms with Crippen LogP contribution in [0, 0.1) is 0 Å². The summed E-state index contributed by atoms with van der Waals surface area (Å²) >= 11 is 0. The third-order valence-electron chi connectivity index (χ3n) is 11.9. The van der Waals surface area contributed by atoms with Crippen LogP contribution in [0.4, 0.5) is 0 Å². The van der Waals surface area contributed by atoms with E-state index < -0.39 is 20.0 Å². The number of carbonyl (C=O) groups excluding carboxylic acids is 1. The Hall–Kier alpha value is -2.06. The minimum absolute atomic E-state index is 0.00504. The van der Waals surface area contributed by atoms with E-state index in [0.717, 1.165) is 77.0 Å². The van der Waals surface area contributed by atoms with Gasteiger partial charge < -0.3 is 28.8 Å². The average molecular weight is 945 g/mol. The van der Waals surface area contributed by atoms with Gasteiger partial charge in [-0.25, -0.2) is 0 Å². The van der Waals surface area contributed by atoms with Gasteiger partial charge >= 0.3 is 0 Å². The van der Waals surface area contributed by atoms with Gasteiger partial charge in [-0.15, -0.1) is 0 Å². The highest BCUT2D eigenvalue weighted by Crippen LogP contribution is 2.38. The van der Waals surface area contributed by atoms with Crippen molar-refractivity contribution in [2.24, 2.45) is 0 Å². The monoisotopic (exact) mass is 945 g/mol. The number of likely N-dealkylation sites (N-methyl/N-ethyl adjacent to an activating group) is 1. The lowest BCUT2D eigenvalue weighted by Gasteiger charge is -2.29. The summed E-state index contributed by atoms with van der Waals surface area (Å²) < 4.78 is 23.3. The number of aliphatic hydroxyl groups excluding tert-OH is 1. The number of phosphoric acid groups is 1. The number of nitrogens with one attached hydrogen (secondary N) is 1. The summed E-state index contributed by atoms with van der Waals surface area (Å²) in [5.41, 5.74) is 0. The molecule has 0 aromatic heterocycles. The first-order valence-electron chi connectivity index (χ1n) is 27.3. The van der Waals surface area contributed by atoms with Gasteiger partial charge in [0.25, 0.3) is 7.82 Å². The minimum atomic E-state index is -4.60. The first-order chi connectivity index (χ1) is 32.0. The molecule has 0 heterocycles. The first-order valence-corrected chi connectivity index (χ1v) is 28.8. The van der Waals surface area contributed by atoms with Crippen LogP contribution in [0.5, 0.6) is 0 Å². The Bertz CT molecular complexity index is 1300. The second-order valence-electron chi connectivity index (χ2n) is 19.6. The molecule has 0 rings (SSSR count). The molecular weight excluding hydrogens is 840 g/mol. The van der Waals surface area contributed by atoms with E-state index in [-0.39, 0.29) is 19.1 Å². The summed E-state index contributed by atoms with van der Waals surface area (Å²) in [6, 6.07) is -0.894. The molecule has 384 valence electrons. The lowest BCUT2D eigenvalue weighted by atomic mass is 10.0. The van der Waals surface area contributed by atoms with Gasteiger partial charge in [0.1, 0.15) is 13.2 Å². The smallest absolute Gasteiger partial charge is 0.268 e. The number of phosphoric ester groups is 1. The van der Waals surface area contributed by atoms with Crippen LogP contribution in [0.1, 0.15) is 232 Å². The molecule has 0 aliphatic heterocycles. The predicted octanol–water partition coefficient (Wildman–Crippen LogP) is 15.7. The summed E-state index contributed by atoms with van der Waals surface area (Å²) in [7, 11) is 1.25. The van der Waals surface area contributed by atoms with Gasteiger partial charge in [-0.05, 0) is 64.2 Å². The molecule has 66 heavy (non-hydrogen) atoms. The zero-order valence-electron chi connectivity index (χ0n) is 43.6. The quantitative estimate of drug-likeness (QED) is 0.0272. The number of aliphatic hydroxyl groups is 1. The van der Waals surface area contributed by atoms with Crippen molar-refractivity contribution in [1.82, 2.24) is 5.32 Å². The molecule has 0 radical (unpaired) electrons. The average Bonchev–Trinajstić information content (AvgIpc) is 3.28. The van der Waals surface area contributed by atoms with Crippen molar-refractivity contribution < 1.29 is 32.9 Å². The third-order valence-corrected chi connectivity index (χ3v) is 12.9. The molecule has 0 aliphatic rings. The van der Waals surface area contributed by atoms with Gasteiger partial charge in [-0.2, -0.15) is 0 Å². The lowest BCUT2D eigenvalue weighted by Crippen LogP contribution is -2.45. The third kappa shape index (κ3) is 49.8. The molecule has 1 amide bonds. The van der Waals surface area contributed by atoms with E-state index in [1.54, 1.807) is 6.08 Å². The Morgan fingerprint density at radius 3 is 1.35 bits per heavy atom. The van der Waals surface area contributed by atoms with Crippen molar-refractivity contribution in [3.8, 4) is 0 Å². The maximum atomic E-state index is 12.9. The summed E-state index contributed by atoms with van der Waals surface area (Å²) in [4.78, 5) is 25.5. The van der Waals surface area contributed by atoms with Crippen molar-refractivity contribution in [3.05, 3.63) is 72.9 Å². The van der Waals surface area contributed by atoms with E-state index in [1.165, 1.54) is 135 Å². The van der Waals surface area contributed by atoms with E-state index in [2.05, 4.69) is 79.9 Å². The van der Waals surface area contributed by atoms with Gasteiger partial charge in [0.2, 0.25) is 5.91 Å². The Kier molecular flexibility index (Phi) is 46.5. The maximum absolute atomic E-state index is 12.9. The van der Waals surface area contributed by atoms with Gasteiger partial charge in [-0.3, -0.25) is 9.36 Å². The predicted molar refractivity (Wildman–Crippen MR) is 284 cm³/mol. The second kappa shape index (κ2) is 48.0. The number of quaternary nitrogens is 1. The SMILES string of the molecule is CC/C=C\C/C=C\C/C=C\C/C=C\C/C=C\CCCCCCCCCCCC(=O)NC(COP(=O)([O-])OCC[N+](C)(C)C)C(O)/C=C/CCCCCCCCCCCCCCCCCCC. The van der Waals surface area contributed by atoms with Crippen LogP contribution >= 0.6 is 7.82 Å². The second-order valence-corrected chi connectivity index (χ2v) is 21.0. The molecule has 2 N–H and O–H groups in total. The van der Waals surface area contributed by atoms with Crippen LogP contribution in [-0.4, -0.2) is 68.5 Å². The Morgan fingerprint density at radius 2 is 0.924 bits per heavy atom. The molecule has 0 spiro atoms. The van der Waals surface area contributed by atoms with Crippen molar-refractivity contribution in [2.45, 2.75) is 244 Å². The number of rotatable bonds is 49. The van der Waals surface area contributed by atoms with Crippen LogP contribution in [0.2, 0.25) is 0 Å². The van der Waals surface area contributed by atoms with Gasteiger partial charge in [-0.1, -0.05) is 234 Å². The molecule has 0 aromatic carbocycles. The van der Waals surface area contributed by atoms with Crippen LogP contribution in [0.15, 0.2) is 72.9 Å². The number of hydrogen-bond donors (Lipinski definition) is 2. The lowest BCUT2D eigenvalue weighted by molar-refractivity contribution is -0.870. The fraction of sp³-hybridized carbons (Fsp3) is 0.772. The fourth-order valence-corrected chi connectivity index (χ4v) is 8.37. The molecule has 0 saturated carbocycles. The summed E-state index contributed by atoms with van der Waals surface area (Å²) in [6.07, 6.45) is 65.3. The molecule has 0 bridgehead atoms. The number of allylic oxidation sites excluding steroid dienone is 11. The zero-order valence-corrected chi connectivity index (χ0v) is 44.5. The van der Waals surface area contributed by atoms with Gasteiger partial charge in [0.05, 0.1) is 39.9 Å². The number of amides is 1. The molecule has 0 aromatic rings. The molecule has 3 unspecified atom stereocenters. The molecule has 3 atom stereocenters. The highest BCUT2D eigenvalue weighted by atomic mass is 31.2. The summed E-state index contributed by atoms with van der Waals surface area (Å²) in [5, 5.41) is 13.9. The maximum Gasteiger partial charge on any atom is 0.268 e. The Balaban J connectivity index is 4.28. The van der Waals surface area contributed by atoms with Crippen LogP contribution in [0.3, 0.4) is 0 Å². The highest BCUT2D eigenvalue weighted by Gasteiger charge is 2.23. The zero-order chi connectivity index (χ0) is 48.5. The van der Waals surface area contributed by atoms with Crippen LogP contribution in [-0.2, 0) is 18.4 Å². The standard InChI is InChI=1S/C57H105N2O6P/c1-6-8-10-12-14-16-18-20-22-24-26-27-28-29-30-31-33-35-37-39-41-43-45-47-49-51-57(61)58-55(54-65-66(62,63)64-53-52-59(3,4)5)56(60)50-48-46-44-42-40-38-36-34-32-25-23-21-19-17-15-13-11-9-7-2/h8,10,14,16,20,22,26-27,29-30,48,50,55-56,60H,6-7,9,11-13,15,17-19,21,23-25,28,31-47,49,51-54H2,1-5H3,(H-,58,61,62,63)/b10-8-,16-14-,22-20-,27-26-,30-29-,50-48+. The summed E-state index contributed by atoms with van der Waals surface area (Å²) in [6.45, 7) is 4.54. The molecule has 0 fully saturated rings. The molecular formula is C57H105N2O6P.